The number of alkyl halides is 2. The predicted octanol–water partition coefficient (Wildman–Crippen LogP) is 5.02. The third-order valence-electron chi connectivity index (χ3n) is 4.96. The Kier molecular flexibility index (Phi) is 6.66. The van der Waals surface area contributed by atoms with E-state index in [4.69, 9.17) is 4.74 Å². The molecule has 4 rings (SSSR count). The molecule has 1 aliphatic rings. The smallest absolute Gasteiger partial charge is 0.387 e. The molecule has 1 aliphatic carbocycles. The number of benzene rings is 2. The van der Waals surface area contributed by atoms with Gasteiger partial charge in [-0.3, -0.25) is 0 Å². The van der Waals surface area contributed by atoms with Crippen LogP contribution in [-0.4, -0.2) is 20.0 Å². The highest BCUT2D eigenvalue weighted by atomic mass is 32.2. The first-order valence-electron chi connectivity index (χ1n) is 9.95. The van der Waals surface area contributed by atoms with E-state index >= 15 is 0 Å². The highest BCUT2D eigenvalue weighted by molar-refractivity contribution is 7.93. The summed E-state index contributed by atoms with van der Waals surface area (Å²) in [6.07, 6.45) is 3.57. The number of allylic oxidation sites excluding steroid dienone is 1. The summed E-state index contributed by atoms with van der Waals surface area (Å²) in [5, 5.41) is 0. The van der Waals surface area contributed by atoms with Gasteiger partial charge in [0.2, 0.25) is 15.9 Å². The van der Waals surface area contributed by atoms with Gasteiger partial charge in [0.25, 0.3) is 0 Å². The fourth-order valence-electron chi connectivity index (χ4n) is 3.39. The van der Waals surface area contributed by atoms with Gasteiger partial charge in [-0.2, -0.15) is 8.78 Å². The standard InChI is InChI=1S/C23H19F3N2O4S/c24-18-4-1-5-19(13-18)31-22-17(3-2-10-27-22)14-28-33(29,30)21-9-7-15-11-20(32-23(25)26)8-6-16(15)12-21/h1-6,8,10-13,23,28H,7,9,14H2. The van der Waals surface area contributed by atoms with E-state index in [9.17, 15) is 21.6 Å². The molecule has 10 heteroatoms. The number of pyridine rings is 1. The van der Waals surface area contributed by atoms with Crippen molar-refractivity contribution < 1.29 is 31.1 Å². The van der Waals surface area contributed by atoms with E-state index in [2.05, 4.69) is 14.4 Å². The normalized spacial score (nSPS) is 13.4. The van der Waals surface area contributed by atoms with Crippen LogP contribution < -0.4 is 14.2 Å². The second-order valence-corrected chi connectivity index (χ2v) is 9.02. The van der Waals surface area contributed by atoms with Crippen LogP contribution in [0.25, 0.3) is 6.08 Å². The molecule has 0 saturated carbocycles. The van der Waals surface area contributed by atoms with Crippen LogP contribution in [0, 0.1) is 5.82 Å². The van der Waals surface area contributed by atoms with Gasteiger partial charge in [-0.15, -0.1) is 0 Å². The lowest BCUT2D eigenvalue weighted by molar-refractivity contribution is -0.0498. The molecule has 0 fully saturated rings. The highest BCUT2D eigenvalue weighted by Crippen LogP contribution is 2.30. The summed E-state index contributed by atoms with van der Waals surface area (Å²) in [5.41, 5.74) is 1.82. The Morgan fingerprint density at radius 3 is 2.67 bits per heavy atom. The van der Waals surface area contributed by atoms with Crippen LogP contribution in [0.15, 0.2) is 65.7 Å². The first-order valence-corrected chi connectivity index (χ1v) is 11.4. The molecule has 1 heterocycles. The largest absolute Gasteiger partial charge is 0.439 e. The summed E-state index contributed by atoms with van der Waals surface area (Å²) in [6, 6.07) is 13.2. The van der Waals surface area contributed by atoms with Crippen molar-refractivity contribution in [2.75, 3.05) is 0 Å². The minimum Gasteiger partial charge on any atom is -0.439 e. The van der Waals surface area contributed by atoms with Crippen LogP contribution in [0.1, 0.15) is 23.1 Å². The van der Waals surface area contributed by atoms with Gasteiger partial charge in [0, 0.05) is 24.4 Å². The Hall–Kier alpha value is -3.37. The number of hydrogen-bond acceptors (Lipinski definition) is 5. The van der Waals surface area contributed by atoms with E-state index < -0.39 is 22.5 Å². The molecule has 2 aromatic carbocycles. The first-order chi connectivity index (χ1) is 15.8. The van der Waals surface area contributed by atoms with Gasteiger partial charge in [0.1, 0.15) is 17.3 Å². The van der Waals surface area contributed by atoms with Crippen molar-refractivity contribution in [2.24, 2.45) is 0 Å². The van der Waals surface area contributed by atoms with Crippen molar-refractivity contribution in [1.29, 1.82) is 0 Å². The van der Waals surface area contributed by atoms with E-state index in [1.807, 2.05) is 0 Å². The van der Waals surface area contributed by atoms with Crippen LogP contribution in [0.3, 0.4) is 0 Å². The van der Waals surface area contributed by atoms with Crippen molar-refractivity contribution in [3.8, 4) is 17.4 Å². The summed E-state index contributed by atoms with van der Waals surface area (Å²) in [4.78, 5) is 4.29. The average Bonchev–Trinajstić information content (AvgIpc) is 2.78. The number of ether oxygens (including phenoxy) is 2. The van der Waals surface area contributed by atoms with Crippen molar-refractivity contribution in [3.63, 3.8) is 0 Å². The number of fused-ring (bicyclic) bond motifs is 1. The minimum atomic E-state index is -3.83. The van der Waals surface area contributed by atoms with Gasteiger partial charge in [-0.25, -0.2) is 22.5 Å². The number of halogens is 3. The summed E-state index contributed by atoms with van der Waals surface area (Å²) in [5.74, 6) is -0.0491. The van der Waals surface area contributed by atoms with Gasteiger partial charge in [-0.05, 0) is 60.4 Å². The lowest BCUT2D eigenvalue weighted by Gasteiger charge is -2.18. The number of rotatable bonds is 8. The quantitative estimate of drug-likeness (QED) is 0.494. The summed E-state index contributed by atoms with van der Waals surface area (Å²) >= 11 is 0. The molecule has 0 bridgehead atoms. The van der Waals surface area contributed by atoms with Gasteiger partial charge >= 0.3 is 6.61 Å². The van der Waals surface area contributed by atoms with Crippen LogP contribution in [-0.2, 0) is 23.0 Å². The van der Waals surface area contributed by atoms with E-state index in [1.165, 1.54) is 42.6 Å². The van der Waals surface area contributed by atoms with Gasteiger partial charge in [0.05, 0.1) is 4.91 Å². The molecule has 33 heavy (non-hydrogen) atoms. The van der Waals surface area contributed by atoms with Gasteiger partial charge in [0.15, 0.2) is 0 Å². The summed E-state index contributed by atoms with van der Waals surface area (Å²) < 4.78 is 76.6. The molecule has 3 aromatic rings. The number of sulfonamides is 1. The van der Waals surface area contributed by atoms with E-state index in [0.29, 0.717) is 17.5 Å². The first kappa shape index (κ1) is 22.8. The molecule has 0 amide bonds. The van der Waals surface area contributed by atoms with Gasteiger partial charge < -0.3 is 9.47 Å². The zero-order chi connectivity index (χ0) is 23.4. The van der Waals surface area contributed by atoms with Crippen molar-refractivity contribution in [2.45, 2.75) is 26.0 Å². The number of nitrogens with zero attached hydrogens (tertiary/aromatic N) is 1. The molecule has 0 radical (unpaired) electrons. The molecule has 172 valence electrons. The molecule has 1 aromatic heterocycles. The maximum Gasteiger partial charge on any atom is 0.387 e. The minimum absolute atomic E-state index is 0.0315. The average molecular weight is 476 g/mol. The fraction of sp³-hybridized carbons (Fsp3) is 0.174. The summed E-state index contributed by atoms with van der Waals surface area (Å²) in [6.45, 7) is -3.02. The Bertz CT molecular complexity index is 1300. The topological polar surface area (TPSA) is 77.5 Å². The van der Waals surface area contributed by atoms with E-state index in [1.54, 1.807) is 24.3 Å². The SMILES string of the molecule is O=S(=O)(NCc1cccnc1Oc1cccc(F)c1)C1=Cc2ccc(OC(F)F)cc2CC1. The molecule has 6 nitrogen and oxygen atoms in total. The van der Waals surface area contributed by atoms with Crippen LogP contribution >= 0.6 is 0 Å². The molecule has 0 spiro atoms. The number of aromatic nitrogens is 1. The van der Waals surface area contributed by atoms with Crippen LogP contribution in [0.2, 0.25) is 0 Å². The molecule has 0 unspecified atom stereocenters. The predicted molar refractivity (Wildman–Crippen MR) is 116 cm³/mol. The molecule has 0 saturated heterocycles. The third kappa shape index (κ3) is 5.71. The number of aryl methyl sites for hydroxylation is 1. The Morgan fingerprint density at radius 1 is 1.03 bits per heavy atom. The molecule has 0 aliphatic heterocycles. The van der Waals surface area contributed by atoms with Crippen molar-refractivity contribution in [3.05, 3.63) is 88.2 Å². The second kappa shape index (κ2) is 9.63. The fourth-order valence-corrected chi connectivity index (χ4v) is 4.57. The van der Waals surface area contributed by atoms with Crippen LogP contribution in [0.5, 0.6) is 17.4 Å². The molecular weight excluding hydrogens is 457 g/mol. The Labute approximate surface area is 188 Å². The van der Waals surface area contributed by atoms with Crippen LogP contribution in [0.4, 0.5) is 13.2 Å². The second-order valence-electron chi connectivity index (χ2n) is 7.20. The maximum absolute atomic E-state index is 13.4. The third-order valence-corrected chi connectivity index (χ3v) is 6.49. The molecule has 1 N–H and O–H groups in total. The van der Waals surface area contributed by atoms with Crippen molar-refractivity contribution >= 4 is 16.1 Å². The van der Waals surface area contributed by atoms with Crippen molar-refractivity contribution in [1.82, 2.24) is 9.71 Å². The highest BCUT2D eigenvalue weighted by Gasteiger charge is 2.23. The monoisotopic (exact) mass is 476 g/mol. The van der Waals surface area contributed by atoms with E-state index in [0.717, 1.165) is 5.56 Å². The lowest BCUT2D eigenvalue weighted by atomic mass is 9.97. The molecular formula is C23H19F3N2O4S. The Morgan fingerprint density at radius 2 is 1.88 bits per heavy atom. The Balaban J connectivity index is 1.48. The van der Waals surface area contributed by atoms with E-state index in [-0.39, 0.29) is 35.2 Å². The molecule has 0 atom stereocenters. The number of hydrogen-bond donors (Lipinski definition) is 1. The lowest BCUT2D eigenvalue weighted by Crippen LogP contribution is -2.26. The maximum atomic E-state index is 13.4. The number of nitrogens with one attached hydrogen (secondary N) is 1. The zero-order valence-electron chi connectivity index (χ0n) is 17.2. The zero-order valence-corrected chi connectivity index (χ0v) is 18.0. The van der Waals surface area contributed by atoms with Gasteiger partial charge in [-0.1, -0.05) is 18.2 Å². The summed E-state index contributed by atoms with van der Waals surface area (Å²) in [7, 11) is -3.83.